The molecule has 1 aliphatic heterocycles. The molecule has 154 valence electrons. The highest BCUT2D eigenvalue weighted by molar-refractivity contribution is 7.82. The molecule has 1 aromatic rings. The van der Waals surface area contributed by atoms with Gasteiger partial charge in [0.05, 0.1) is 4.92 Å². The van der Waals surface area contributed by atoms with Crippen molar-refractivity contribution in [3.05, 3.63) is 34.4 Å². The second kappa shape index (κ2) is 9.57. The highest BCUT2D eigenvalue weighted by atomic mass is 32.2. The number of nitrogens with two attached hydrogens (primary N) is 1. The van der Waals surface area contributed by atoms with Crippen molar-refractivity contribution in [3.8, 4) is 0 Å². The summed E-state index contributed by atoms with van der Waals surface area (Å²) in [5.41, 5.74) is 4.40. The monoisotopic (exact) mass is 413 g/mol. The van der Waals surface area contributed by atoms with Crippen LogP contribution in [0, 0.1) is 16.0 Å². The van der Waals surface area contributed by atoms with E-state index in [0.29, 0.717) is 25.8 Å². The van der Waals surface area contributed by atoms with Crippen molar-refractivity contribution in [1.82, 2.24) is 4.31 Å². The highest BCUT2D eigenvalue weighted by Gasteiger charge is 2.46. The van der Waals surface area contributed by atoms with Crippen LogP contribution in [-0.4, -0.2) is 60.3 Å². The van der Waals surface area contributed by atoms with Crippen LogP contribution in [0.5, 0.6) is 0 Å². The van der Waals surface area contributed by atoms with Crippen molar-refractivity contribution in [2.24, 2.45) is 11.7 Å². The summed E-state index contributed by atoms with van der Waals surface area (Å²) in [4.78, 5) is 22.5. The lowest BCUT2D eigenvalue weighted by Gasteiger charge is -2.31. The topological polar surface area (TPSA) is 167 Å². The average molecular weight is 413 g/mol. The van der Waals surface area contributed by atoms with E-state index in [2.05, 4.69) is 0 Å². The Hall–Kier alpha value is -1.86. The van der Waals surface area contributed by atoms with Crippen molar-refractivity contribution < 1.29 is 29.1 Å². The fourth-order valence-electron chi connectivity index (χ4n) is 3.42. The Morgan fingerprint density at radius 1 is 1.39 bits per heavy atom. The van der Waals surface area contributed by atoms with Crippen LogP contribution in [0.4, 0.5) is 5.69 Å². The molecular formula is C16H24BN3O7S. The number of nitrogens with zero attached hydrogens (tertiary/aromatic N) is 2. The zero-order valence-electron chi connectivity index (χ0n) is 15.3. The van der Waals surface area contributed by atoms with E-state index in [-0.39, 0.29) is 29.9 Å². The van der Waals surface area contributed by atoms with Gasteiger partial charge >= 0.3 is 13.1 Å². The lowest BCUT2D eigenvalue weighted by molar-refractivity contribution is -0.387. The Balaban J connectivity index is 2.09. The first kappa shape index (κ1) is 22.4. The molecule has 1 fully saturated rings. The van der Waals surface area contributed by atoms with Crippen LogP contribution >= 0.6 is 0 Å². The third kappa shape index (κ3) is 5.14. The van der Waals surface area contributed by atoms with E-state index >= 15 is 0 Å². The Kier molecular flexibility index (Phi) is 7.66. The smallest absolute Gasteiger partial charge is 0.451 e. The van der Waals surface area contributed by atoms with Crippen LogP contribution in [0.3, 0.4) is 0 Å². The number of nitro benzene ring substituents is 1. The van der Waals surface area contributed by atoms with Crippen LogP contribution < -0.4 is 5.73 Å². The third-order valence-electron chi connectivity index (χ3n) is 5.07. The highest BCUT2D eigenvalue weighted by Crippen LogP contribution is 2.33. The number of benzene rings is 1. The van der Waals surface area contributed by atoms with Crippen LogP contribution in [0.15, 0.2) is 29.2 Å². The van der Waals surface area contributed by atoms with Gasteiger partial charge in [-0.3, -0.25) is 14.9 Å². The van der Waals surface area contributed by atoms with Gasteiger partial charge in [0.15, 0.2) is 0 Å². The molecule has 1 saturated heterocycles. The molecule has 0 amide bonds. The number of carboxylic acids is 1. The summed E-state index contributed by atoms with van der Waals surface area (Å²) < 4.78 is 14.3. The average Bonchev–Trinajstić information content (AvgIpc) is 3.14. The van der Waals surface area contributed by atoms with E-state index in [1.807, 2.05) is 0 Å². The summed E-state index contributed by atoms with van der Waals surface area (Å²) in [5.74, 6) is -1.64. The third-order valence-corrected chi connectivity index (χ3v) is 6.59. The summed E-state index contributed by atoms with van der Waals surface area (Å²) in [5, 5.41) is 38.6. The molecule has 0 radical (unpaired) electrons. The van der Waals surface area contributed by atoms with E-state index in [0.717, 1.165) is 0 Å². The number of unbranched alkanes of at least 4 members (excludes halogenated alkanes) is 1. The quantitative estimate of drug-likeness (QED) is 0.185. The minimum absolute atomic E-state index is 0.0722. The first-order chi connectivity index (χ1) is 13.2. The Morgan fingerprint density at radius 2 is 2.07 bits per heavy atom. The lowest BCUT2D eigenvalue weighted by Crippen LogP contribution is -2.55. The Labute approximate surface area is 165 Å². The Bertz CT molecular complexity index is 751. The van der Waals surface area contributed by atoms with Crippen molar-refractivity contribution >= 4 is 29.8 Å². The van der Waals surface area contributed by atoms with Gasteiger partial charge in [0.25, 0.3) is 5.69 Å². The van der Waals surface area contributed by atoms with Crippen molar-refractivity contribution in [1.29, 1.82) is 0 Å². The molecule has 0 aliphatic carbocycles. The summed E-state index contributed by atoms with van der Waals surface area (Å²) in [7, 11) is -3.24. The van der Waals surface area contributed by atoms with Crippen LogP contribution in [0.2, 0.25) is 6.32 Å². The molecule has 2 rings (SSSR count). The number of carbonyl (C=O) groups is 1. The van der Waals surface area contributed by atoms with Gasteiger partial charge in [0.1, 0.15) is 21.4 Å². The zero-order valence-corrected chi connectivity index (χ0v) is 16.1. The molecule has 1 aliphatic rings. The number of hydrogen-bond donors (Lipinski definition) is 4. The molecule has 0 saturated carbocycles. The first-order valence-corrected chi connectivity index (χ1v) is 10.1. The molecule has 10 nitrogen and oxygen atoms in total. The Morgan fingerprint density at radius 3 is 2.68 bits per heavy atom. The molecule has 0 aromatic heterocycles. The molecule has 1 aromatic carbocycles. The fourth-order valence-corrected chi connectivity index (χ4v) is 4.81. The first-order valence-electron chi connectivity index (χ1n) is 8.95. The molecule has 3 atom stereocenters. The van der Waals surface area contributed by atoms with Gasteiger partial charge in [-0.2, -0.15) is 0 Å². The molecule has 2 unspecified atom stereocenters. The maximum atomic E-state index is 12.8. The van der Waals surface area contributed by atoms with Crippen molar-refractivity contribution in [2.75, 3.05) is 13.1 Å². The molecule has 5 N–H and O–H groups in total. The van der Waals surface area contributed by atoms with Crippen molar-refractivity contribution in [2.45, 2.75) is 42.4 Å². The van der Waals surface area contributed by atoms with Gasteiger partial charge in [0.2, 0.25) is 0 Å². The molecule has 0 bridgehead atoms. The van der Waals surface area contributed by atoms with Gasteiger partial charge in [-0.05, 0) is 25.2 Å². The van der Waals surface area contributed by atoms with E-state index in [9.17, 15) is 24.2 Å². The van der Waals surface area contributed by atoms with Gasteiger partial charge < -0.3 is 20.9 Å². The standard InChI is InChI=1S/C16H24BN3O7S/c18-16(15(21)22,8-3-4-9-17(23)24)12-7-10-19(11-12)28(27)14-6-2-1-5-13(14)20(25)26/h1-2,5-6,12,23-24H,3-4,7-11,18H2,(H,21,22)/t12-,16?,28?/m1/s1. The molecular weight excluding hydrogens is 389 g/mol. The second-order valence-corrected chi connectivity index (χ2v) is 8.37. The van der Waals surface area contributed by atoms with E-state index in [4.69, 9.17) is 15.8 Å². The molecule has 12 heteroatoms. The minimum Gasteiger partial charge on any atom is -0.480 e. The number of carboxylic acid groups (broad SMARTS) is 1. The molecule has 1 heterocycles. The largest absolute Gasteiger partial charge is 0.480 e. The number of nitro groups is 1. The SMILES string of the molecule is NC(CCCCB(O)O)(C(=O)O)[C@@H]1CCN(S(=O)c2ccccc2[N+](=O)[O-])C1. The van der Waals surface area contributed by atoms with Gasteiger partial charge in [-0.1, -0.05) is 25.0 Å². The summed E-state index contributed by atoms with van der Waals surface area (Å²) in [6, 6.07) is 5.76. The van der Waals surface area contributed by atoms with E-state index < -0.39 is 40.5 Å². The maximum Gasteiger partial charge on any atom is 0.451 e. The van der Waals surface area contributed by atoms with Crippen LogP contribution in [-0.2, 0) is 15.8 Å². The summed E-state index contributed by atoms with van der Waals surface area (Å²) in [6.45, 7) is 0.453. The number of para-hydroxylation sites is 1. The van der Waals surface area contributed by atoms with E-state index in [1.54, 1.807) is 6.07 Å². The number of rotatable bonds is 10. The van der Waals surface area contributed by atoms with Crippen LogP contribution in [0.1, 0.15) is 25.7 Å². The normalized spacial score (nSPS) is 20.5. The second-order valence-electron chi connectivity index (χ2n) is 6.92. The lowest BCUT2D eigenvalue weighted by atomic mass is 9.77. The zero-order chi connectivity index (χ0) is 20.9. The molecule has 0 spiro atoms. The fraction of sp³-hybridized carbons (Fsp3) is 0.562. The van der Waals surface area contributed by atoms with Gasteiger partial charge in [0, 0.05) is 25.1 Å². The van der Waals surface area contributed by atoms with Gasteiger partial charge in [-0.25, -0.2) is 8.51 Å². The van der Waals surface area contributed by atoms with Crippen LogP contribution in [0.25, 0.3) is 0 Å². The summed E-state index contributed by atoms with van der Waals surface area (Å²) >= 11 is 0. The predicted molar refractivity (Wildman–Crippen MR) is 103 cm³/mol. The minimum atomic E-state index is -1.80. The number of hydrogen-bond acceptors (Lipinski definition) is 7. The number of aliphatic carboxylic acids is 1. The van der Waals surface area contributed by atoms with Crippen molar-refractivity contribution in [3.63, 3.8) is 0 Å². The van der Waals surface area contributed by atoms with Gasteiger partial charge in [-0.15, -0.1) is 0 Å². The predicted octanol–water partition coefficient (Wildman–Crippen LogP) is 0.364. The summed E-state index contributed by atoms with van der Waals surface area (Å²) in [6.07, 6.45) is 1.50. The van der Waals surface area contributed by atoms with E-state index in [1.165, 1.54) is 22.5 Å². The molecule has 28 heavy (non-hydrogen) atoms. The maximum absolute atomic E-state index is 12.8.